The van der Waals surface area contributed by atoms with Gasteiger partial charge in [0.25, 0.3) is 0 Å². The highest BCUT2D eigenvalue weighted by atomic mass is 79.9. The van der Waals surface area contributed by atoms with Gasteiger partial charge in [-0.2, -0.15) is 0 Å². The Morgan fingerprint density at radius 1 is 1.19 bits per heavy atom. The maximum absolute atomic E-state index is 10.9. The zero-order chi connectivity index (χ0) is 15.0. The van der Waals surface area contributed by atoms with Gasteiger partial charge in [0.15, 0.2) is 0 Å². The third-order valence-corrected chi connectivity index (χ3v) is 5.66. The molecule has 0 bridgehead atoms. The molecule has 3 rings (SSSR count). The number of hydrogen-bond donors (Lipinski definition) is 2. The first kappa shape index (κ1) is 15.0. The molecule has 1 unspecified atom stereocenters. The highest BCUT2D eigenvalue weighted by molar-refractivity contribution is 9.10. The summed E-state index contributed by atoms with van der Waals surface area (Å²) < 4.78 is 0.795. The number of halogens is 2. The van der Waals surface area contributed by atoms with Gasteiger partial charge in [0.05, 0.1) is 11.1 Å². The van der Waals surface area contributed by atoms with Crippen molar-refractivity contribution in [2.75, 3.05) is 6.54 Å². The van der Waals surface area contributed by atoms with Crippen LogP contribution in [0.2, 0.25) is 5.02 Å². The number of hydrogen-bond acceptors (Lipinski definition) is 2. The van der Waals surface area contributed by atoms with Gasteiger partial charge in [0.2, 0.25) is 0 Å². The summed E-state index contributed by atoms with van der Waals surface area (Å²) in [7, 11) is 0. The molecule has 4 heteroatoms. The third kappa shape index (κ3) is 2.64. The minimum atomic E-state index is -0.608. The molecule has 2 aromatic rings. The van der Waals surface area contributed by atoms with Gasteiger partial charge in [-0.1, -0.05) is 41.9 Å². The van der Waals surface area contributed by atoms with Crippen molar-refractivity contribution >= 4 is 27.5 Å². The van der Waals surface area contributed by atoms with Crippen molar-refractivity contribution < 1.29 is 5.11 Å². The zero-order valence-electron chi connectivity index (χ0n) is 11.5. The second-order valence-electron chi connectivity index (χ2n) is 5.76. The van der Waals surface area contributed by atoms with E-state index in [9.17, 15) is 5.11 Å². The monoisotopic (exact) mass is 365 g/mol. The quantitative estimate of drug-likeness (QED) is 0.866. The van der Waals surface area contributed by atoms with E-state index in [1.165, 1.54) is 11.1 Å². The maximum atomic E-state index is 10.9. The fraction of sp³-hybridized carbons (Fsp3) is 0.294. The lowest BCUT2D eigenvalue weighted by atomic mass is 9.76. The summed E-state index contributed by atoms with van der Waals surface area (Å²) in [6.45, 7) is 0.448. The molecule has 1 aliphatic rings. The van der Waals surface area contributed by atoms with Gasteiger partial charge in [0, 0.05) is 16.4 Å². The summed E-state index contributed by atoms with van der Waals surface area (Å²) in [4.78, 5) is 0. The molecule has 0 aliphatic heterocycles. The van der Waals surface area contributed by atoms with Crippen LogP contribution in [-0.2, 0) is 12.8 Å². The average molecular weight is 367 g/mol. The molecule has 1 atom stereocenters. The molecule has 0 aromatic heterocycles. The Morgan fingerprint density at radius 3 is 2.33 bits per heavy atom. The number of rotatable bonds is 3. The molecular weight excluding hydrogens is 350 g/mol. The van der Waals surface area contributed by atoms with Crippen LogP contribution < -0.4 is 5.73 Å². The number of benzene rings is 2. The van der Waals surface area contributed by atoms with Crippen LogP contribution in [0.4, 0.5) is 0 Å². The Labute approximate surface area is 138 Å². The standard InChI is InChI=1S/C17H17BrClNO/c18-14-7-11(5-6-15(14)19)16(21)17(10-20)8-12-3-1-2-4-13(12)9-17/h1-7,16,21H,8-10,20H2. The van der Waals surface area contributed by atoms with Gasteiger partial charge in [-0.05, 0) is 57.6 Å². The van der Waals surface area contributed by atoms with Gasteiger partial charge in [-0.15, -0.1) is 0 Å². The first-order chi connectivity index (χ1) is 10.1. The van der Waals surface area contributed by atoms with E-state index in [-0.39, 0.29) is 5.41 Å². The predicted octanol–water partition coefficient (Wildman–Crippen LogP) is 3.88. The normalized spacial score (nSPS) is 17.5. The number of aliphatic hydroxyl groups excluding tert-OH is 1. The number of fused-ring (bicyclic) bond motifs is 1. The SMILES string of the molecule is NCC1(C(O)c2ccc(Cl)c(Br)c2)Cc2ccccc2C1. The first-order valence-electron chi connectivity index (χ1n) is 6.95. The van der Waals surface area contributed by atoms with Crippen LogP contribution in [0.3, 0.4) is 0 Å². The zero-order valence-corrected chi connectivity index (χ0v) is 13.9. The Morgan fingerprint density at radius 2 is 1.81 bits per heavy atom. The van der Waals surface area contributed by atoms with Crippen molar-refractivity contribution in [3.8, 4) is 0 Å². The van der Waals surface area contributed by atoms with Crippen molar-refractivity contribution in [2.24, 2.45) is 11.1 Å². The molecule has 110 valence electrons. The lowest BCUT2D eigenvalue weighted by Crippen LogP contribution is -2.37. The highest BCUT2D eigenvalue weighted by Crippen LogP contribution is 2.45. The average Bonchev–Trinajstić information content (AvgIpc) is 2.89. The topological polar surface area (TPSA) is 46.2 Å². The summed E-state index contributed by atoms with van der Waals surface area (Å²) in [5.74, 6) is 0. The van der Waals surface area contributed by atoms with E-state index in [1.54, 1.807) is 6.07 Å². The van der Waals surface area contributed by atoms with Gasteiger partial charge in [-0.3, -0.25) is 0 Å². The molecule has 2 aromatic carbocycles. The summed E-state index contributed by atoms with van der Waals surface area (Å²) in [5.41, 5.74) is 9.15. The third-order valence-electron chi connectivity index (χ3n) is 4.45. The number of aliphatic hydroxyl groups is 1. The highest BCUT2D eigenvalue weighted by Gasteiger charge is 2.42. The van der Waals surface area contributed by atoms with Crippen molar-refractivity contribution in [1.29, 1.82) is 0 Å². The van der Waals surface area contributed by atoms with E-state index >= 15 is 0 Å². The minimum Gasteiger partial charge on any atom is -0.388 e. The molecular formula is C17H17BrClNO. The summed E-state index contributed by atoms with van der Waals surface area (Å²) in [6.07, 6.45) is 1.01. The fourth-order valence-electron chi connectivity index (χ4n) is 3.21. The van der Waals surface area contributed by atoms with E-state index in [0.717, 1.165) is 22.9 Å². The van der Waals surface area contributed by atoms with Crippen molar-refractivity contribution in [3.05, 3.63) is 68.7 Å². The summed E-state index contributed by atoms with van der Waals surface area (Å²) in [6, 6.07) is 13.9. The second-order valence-corrected chi connectivity index (χ2v) is 7.03. The van der Waals surface area contributed by atoms with Crippen LogP contribution in [0, 0.1) is 5.41 Å². The van der Waals surface area contributed by atoms with Crippen LogP contribution in [0.1, 0.15) is 22.8 Å². The molecule has 3 N–H and O–H groups in total. The number of nitrogens with two attached hydrogens (primary N) is 1. The molecule has 0 amide bonds. The van der Waals surface area contributed by atoms with Gasteiger partial charge in [0.1, 0.15) is 0 Å². The fourth-order valence-corrected chi connectivity index (χ4v) is 3.72. The van der Waals surface area contributed by atoms with Crippen LogP contribution in [0.15, 0.2) is 46.9 Å². The van der Waals surface area contributed by atoms with Crippen LogP contribution in [0.25, 0.3) is 0 Å². The van der Waals surface area contributed by atoms with Crippen molar-refractivity contribution in [1.82, 2.24) is 0 Å². The lowest BCUT2D eigenvalue weighted by molar-refractivity contribution is 0.0358. The Balaban J connectivity index is 1.95. The first-order valence-corrected chi connectivity index (χ1v) is 8.13. The van der Waals surface area contributed by atoms with E-state index in [4.69, 9.17) is 17.3 Å². The van der Waals surface area contributed by atoms with Crippen molar-refractivity contribution in [2.45, 2.75) is 18.9 Å². The molecule has 21 heavy (non-hydrogen) atoms. The molecule has 0 saturated heterocycles. The van der Waals surface area contributed by atoms with E-state index < -0.39 is 6.10 Å². The molecule has 0 radical (unpaired) electrons. The molecule has 0 saturated carbocycles. The largest absolute Gasteiger partial charge is 0.388 e. The lowest BCUT2D eigenvalue weighted by Gasteiger charge is -2.33. The Kier molecular flexibility index (Phi) is 4.10. The van der Waals surface area contributed by atoms with Gasteiger partial charge in [-0.25, -0.2) is 0 Å². The van der Waals surface area contributed by atoms with Crippen molar-refractivity contribution in [3.63, 3.8) is 0 Å². The van der Waals surface area contributed by atoms with Crippen LogP contribution in [0.5, 0.6) is 0 Å². The van der Waals surface area contributed by atoms with E-state index in [2.05, 4.69) is 28.1 Å². The molecule has 0 spiro atoms. The van der Waals surface area contributed by atoms with Crippen LogP contribution in [-0.4, -0.2) is 11.7 Å². The molecule has 0 fully saturated rings. The van der Waals surface area contributed by atoms with E-state index in [1.807, 2.05) is 24.3 Å². The van der Waals surface area contributed by atoms with E-state index in [0.29, 0.717) is 11.6 Å². The Hall–Kier alpha value is -0.870. The molecule has 2 nitrogen and oxygen atoms in total. The second kappa shape index (κ2) is 5.73. The minimum absolute atomic E-state index is 0.336. The molecule has 0 heterocycles. The van der Waals surface area contributed by atoms with Gasteiger partial charge >= 0.3 is 0 Å². The van der Waals surface area contributed by atoms with Gasteiger partial charge < -0.3 is 10.8 Å². The summed E-state index contributed by atoms with van der Waals surface area (Å²) in [5, 5.41) is 11.6. The van der Waals surface area contributed by atoms with Crippen LogP contribution >= 0.6 is 27.5 Å². The predicted molar refractivity (Wildman–Crippen MR) is 89.4 cm³/mol. The maximum Gasteiger partial charge on any atom is 0.0865 e. The summed E-state index contributed by atoms with van der Waals surface area (Å²) >= 11 is 9.45. The Bertz CT molecular complexity index is 649. The smallest absolute Gasteiger partial charge is 0.0865 e. The molecule has 1 aliphatic carbocycles.